The van der Waals surface area contributed by atoms with Crippen LogP contribution in [0.4, 0.5) is 30.2 Å². The van der Waals surface area contributed by atoms with Crippen molar-refractivity contribution in [2.75, 3.05) is 10.0 Å². The molecule has 0 amide bonds. The van der Waals surface area contributed by atoms with Crippen LogP contribution in [0, 0.1) is 24.4 Å². The summed E-state index contributed by atoms with van der Waals surface area (Å²) in [4.78, 5) is 0. The molecule has 2 N–H and O–H groups in total. The highest BCUT2D eigenvalue weighted by Gasteiger charge is 2.22. The summed E-state index contributed by atoms with van der Waals surface area (Å²) < 4.78 is 69.3. The number of halogens is 4. The second-order valence-corrected chi connectivity index (χ2v) is 9.18. The van der Waals surface area contributed by atoms with Gasteiger partial charge in [-0.2, -0.15) is 0 Å². The fourth-order valence-electron chi connectivity index (χ4n) is 2.25. The summed E-state index contributed by atoms with van der Waals surface area (Å²) in [6, 6.07) is 8.60. The van der Waals surface area contributed by atoms with Crippen LogP contribution in [0.25, 0.3) is 0 Å². The van der Waals surface area contributed by atoms with Gasteiger partial charge in [0.05, 0.1) is 15.7 Å². The molecule has 0 saturated carbocycles. The molecular weight excluding hydrogens is 421 g/mol. The molecule has 3 rings (SSSR count). The zero-order valence-electron chi connectivity index (χ0n) is 13.7. The summed E-state index contributed by atoms with van der Waals surface area (Å²) in [6.07, 6.45) is 0. The van der Waals surface area contributed by atoms with Crippen molar-refractivity contribution in [2.24, 2.45) is 0 Å². The summed E-state index contributed by atoms with van der Waals surface area (Å²) in [5, 5.41) is 2.42. The second-order valence-electron chi connectivity index (χ2n) is 5.56. The molecule has 0 aliphatic carbocycles. The van der Waals surface area contributed by atoms with E-state index in [0.717, 1.165) is 23.5 Å². The number of aryl methyl sites for hydroxylation is 1. The molecule has 10 heteroatoms. The molecule has 3 aromatic rings. The Morgan fingerprint density at radius 2 is 1.67 bits per heavy atom. The predicted molar refractivity (Wildman–Crippen MR) is 101 cm³/mol. The average Bonchev–Trinajstić information content (AvgIpc) is 3.03. The van der Waals surface area contributed by atoms with Gasteiger partial charge >= 0.3 is 0 Å². The quantitative estimate of drug-likeness (QED) is 0.546. The predicted octanol–water partition coefficient (Wildman–Crippen LogP) is 5.67. The van der Waals surface area contributed by atoms with E-state index in [-0.39, 0.29) is 19.9 Å². The smallest absolute Gasteiger partial charge is 0.271 e. The summed E-state index contributed by atoms with van der Waals surface area (Å²) in [7, 11) is -4.09. The van der Waals surface area contributed by atoms with Gasteiger partial charge in [-0.15, -0.1) is 11.3 Å². The van der Waals surface area contributed by atoms with Crippen LogP contribution in [0.3, 0.4) is 0 Å². The van der Waals surface area contributed by atoms with Crippen LogP contribution in [-0.2, 0) is 10.0 Å². The van der Waals surface area contributed by atoms with E-state index in [0.29, 0.717) is 5.56 Å². The minimum Gasteiger partial charge on any atom is -0.349 e. The molecule has 0 aliphatic rings. The van der Waals surface area contributed by atoms with Gasteiger partial charge in [-0.05, 0) is 48.9 Å². The molecule has 27 heavy (non-hydrogen) atoms. The first kappa shape index (κ1) is 19.5. The fraction of sp³-hybridized carbons (Fsp3) is 0.0588. The number of hydrogen-bond acceptors (Lipinski definition) is 4. The molecule has 4 nitrogen and oxygen atoms in total. The maximum Gasteiger partial charge on any atom is 0.271 e. The Kier molecular flexibility index (Phi) is 5.36. The first-order valence-electron chi connectivity index (χ1n) is 7.47. The average molecular weight is 433 g/mol. The lowest BCUT2D eigenvalue weighted by Gasteiger charge is -2.15. The van der Waals surface area contributed by atoms with Crippen LogP contribution in [0.2, 0.25) is 4.34 Å². The largest absolute Gasteiger partial charge is 0.349 e. The van der Waals surface area contributed by atoms with Gasteiger partial charge in [0.15, 0.2) is 11.6 Å². The number of sulfonamides is 1. The van der Waals surface area contributed by atoms with Gasteiger partial charge in [-0.25, -0.2) is 21.6 Å². The van der Waals surface area contributed by atoms with E-state index in [9.17, 15) is 21.6 Å². The van der Waals surface area contributed by atoms with E-state index in [1.807, 2.05) is 0 Å². The topological polar surface area (TPSA) is 58.2 Å². The van der Waals surface area contributed by atoms with Crippen molar-refractivity contribution in [1.29, 1.82) is 0 Å². The Bertz CT molecular complexity index is 1120. The summed E-state index contributed by atoms with van der Waals surface area (Å²) in [5.41, 5.74) is -0.319. The molecule has 1 aromatic heterocycles. The molecule has 0 saturated heterocycles. The van der Waals surface area contributed by atoms with E-state index in [4.69, 9.17) is 11.6 Å². The van der Waals surface area contributed by atoms with Crippen LogP contribution in [0.5, 0.6) is 0 Å². The number of rotatable bonds is 5. The SMILES string of the molecule is Cc1ccc(Nc2c(NS(=O)(=O)c3ccc(Cl)s3)ccc(F)c2F)c(F)c1. The second kappa shape index (κ2) is 7.41. The van der Waals surface area contributed by atoms with Crippen LogP contribution in [0.15, 0.2) is 46.7 Å². The Balaban J connectivity index is 2.02. The number of thiophene rings is 1. The Labute approximate surface area is 162 Å². The molecule has 0 spiro atoms. The number of hydrogen-bond donors (Lipinski definition) is 2. The molecule has 0 aliphatic heterocycles. The third-order valence-corrected chi connectivity index (χ3v) is 6.63. The van der Waals surface area contributed by atoms with Gasteiger partial charge < -0.3 is 5.32 Å². The van der Waals surface area contributed by atoms with Crippen molar-refractivity contribution in [2.45, 2.75) is 11.1 Å². The Hall–Kier alpha value is -2.23. The van der Waals surface area contributed by atoms with E-state index >= 15 is 0 Å². The van der Waals surface area contributed by atoms with E-state index in [1.54, 1.807) is 13.0 Å². The molecule has 1 heterocycles. The van der Waals surface area contributed by atoms with Crippen molar-refractivity contribution < 1.29 is 21.6 Å². The molecule has 142 valence electrons. The van der Waals surface area contributed by atoms with Crippen LogP contribution >= 0.6 is 22.9 Å². The highest BCUT2D eigenvalue weighted by atomic mass is 35.5. The minimum absolute atomic E-state index is 0.107. The van der Waals surface area contributed by atoms with E-state index in [1.165, 1.54) is 24.3 Å². The van der Waals surface area contributed by atoms with Gasteiger partial charge in [-0.1, -0.05) is 17.7 Å². The number of anilines is 3. The molecule has 0 fully saturated rings. The molecule has 0 atom stereocenters. The van der Waals surface area contributed by atoms with Gasteiger partial charge in [0.2, 0.25) is 0 Å². The van der Waals surface area contributed by atoms with Crippen molar-refractivity contribution in [3.8, 4) is 0 Å². The fourth-order valence-corrected chi connectivity index (χ4v) is 4.81. The van der Waals surface area contributed by atoms with Gasteiger partial charge in [-0.3, -0.25) is 4.72 Å². The molecule has 0 radical (unpaired) electrons. The maximum atomic E-state index is 14.3. The maximum absolute atomic E-state index is 14.3. The molecule has 0 unspecified atom stereocenters. The lowest BCUT2D eigenvalue weighted by atomic mass is 10.2. The third kappa shape index (κ3) is 4.20. The zero-order valence-corrected chi connectivity index (χ0v) is 16.1. The van der Waals surface area contributed by atoms with Crippen LogP contribution < -0.4 is 10.0 Å². The Morgan fingerprint density at radius 3 is 2.30 bits per heavy atom. The molecular formula is C17H12ClF3N2O2S2. The van der Waals surface area contributed by atoms with Crippen molar-refractivity contribution in [1.82, 2.24) is 0 Å². The van der Waals surface area contributed by atoms with Gasteiger partial charge in [0.1, 0.15) is 15.7 Å². The molecule has 2 aromatic carbocycles. The van der Waals surface area contributed by atoms with Crippen molar-refractivity contribution in [3.63, 3.8) is 0 Å². The normalized spacial score (nSPS) is 11.4. The third-order valence-electron chi connectivity index (χ3n) is 3.54. The lowest BCUT2D eigenvalue weighted by Crippen LogP contribution is -2.14. The van der Waals surface area contributed by atoms with Crippen molar-refractivity contribution in [3.05, 3.63) is 69.8 Å². The van der Waals surface area contributed by atoms with Gasteiger partial charge in [0, 0.05) is 0 Å². The highest BCUT2D eigenvalue weighted by Crippen LogP contribution is 2.34. The minimum atomic E-state index is -4.09. The first-order chi connectivity index (χ1) is 12.7. The lowest BCUT2D eigenvalue weighted by molar-refractivity contribution is 0.512. The van der Waals surface area contributed by atoms with Crippen LogP contribution in [0.1, 0.15) is 5.56 Å². The van der Waals surface area contributed by atoms with Crippen molar-refractivity contribution >= 4 is 50.0 Å². The number of nitrogens with one attached hydrogen (secondary N) is 2. The Morgan fingerprint density at radius 1 is 0.963 bits per heavy atom. The molecule has 0 bridgehead atoms. The standard InChI is InChI=1S/C17H12ClF3N2O2S2/c1-9-2-4-12(11(20)8-9)22-17-13(5-3-10(19)16(17)21)23-27(24,25)15-7-6-14(18)26-15/h2-8,22-23H,1H3. The first-order valence-corrected chi connectivity index (χ1v) is 10.1. The van der Waals surface area contributed by atoms with E-state index < -0.39 is 33.2 Å². The van der Waals surface area contributed by atoms with E-state index in [2.05, 4.69) is 10.0 Å². The zero-order chi connectivity index (χ0) is 19.8. The summed E-state index contributed by atoms with van der Waals surface area (Å²) in [6.45, 7) is 1.67. The summed E-state index contributed by atoms with van der Waals surface area (Å²) >= 11 is 6.55. The summed E-state index contributed by atoms with van der Waals surface area (Å²) in [5.74, 6) is -3.26. The van der Waals surface area contributed by atoms with Gasteiger partial charge in [0.25, 0.3) is 10.0 Å². The van der Waals surface area contributed by atoms with Crippen LogP contribution in [-0.4, -0.2) is 8.42 Å². The highest BCUT2D eigenvalue weighted by molar-refractivity contribution is 7.94. The number of benzene rings is 2. The monoisotopic (exact) mass is 432 g/mol.